The first kappa shape index (κ1) is 20.3. The monoisotopic (exact) mass is 381 g/mol. The average Bonchev–Trinajstić information content (AvgIpc) is 2.93. The van der Waals surface area contributed by atoms with Gasteiger partial charge in [-0.2, -0.15) is 0 Å². The van der Waals surface area contributed by atoms with Crippen LogP contribution in [0.1, 0.15) is 47.5 Å². The molecule has 0 unspecified atom stereocenters. The molecule has 2 nitrogen and oxygen atoms in total. The topological polar surface area (TPSA) is 35.2 Å². The normalized spacial score (nSPS) is 26.3. The van der Waals surface area contributed by atoms with E-state index in [-0.39, 0.29) is 17.2 Å². The number of nitrogens with two attached hydrogens (primary N) is 1. The van der Waals surface area contributed by atoms with Crippen LogP contribution in [0, 0.1) is 11.8 Å². The Morgan fingerprint density at radius 3 is 1.81 bits per heavy atom. The third kappa shape index (κ3) is 3.65. The second-order valence-corrected chi connectivity index (χ2v) is 13.4. The fourth-order valence-corrected chi connectivity index (χ4v) is 9.80. The summed E-state index contributed by atoms with van der Waals surface area (Å²) in [6, 6.07) is 21.9. The van der Waals surface area contributed by atoms with Crippen LogP contribution in [0.15, 0.2) is 60.7 Å². The maximum atomic E-state index is 7.31. The summed E-state index contributed by atoms with van der Waals surface area (Å²) in [6.45, 7) is 11.6. The van der Waals surface area contributed by atoms with Crippen molar-refractivity contribution in [3.05, 3.63) is 60.7 Å². The van der Waals surface area contributed by atoms with Gasteiger partial charge >= 0.3 is 0 Å². The number of hydrogen-bond acceptors (Lipinski definition) is 2. The predicted octanol–water partition coefficient (Wildman–Crippen LogP) is 4.32. The maximum Gasteiger partial charge on any atom is 0.261 e. The average molecular weight is 382 g/mol. The molecular weight excluding hydrogens is 346 g/mol. The molecule has 2 aromatic rings. The minimum absolute atomic E-state index is 0.000548. The third-order valence-electron chi connectivity index (χ3n) is 6.51. The van der Waals surface area contributed by atoms with Gasteiger partial charge in [-0.15, -0.1) is 0 Å². The van der Waals surface area contributed by atoms with E-state index in [9.17, 15) is 0 Å². The highest BCUT2D eigenvalue weighted by Crippen LogP contribution is 2.42. The highest BCUT2D eigenvalue weighted by molar-refractivity contribution is 6.99. The molecule has 146 valence electrons. The highest BCUT2D eigenvalue weighted by atomic mass is 28.4. The van der Waals surface area contributed by atoms with E-state index in [4.69, 9.17) is 10.2 Å². The summed E-state index contributed by atoms with van der Waals surface area (Å²) in [5, 5.41) is 2.67. The first-order chi connectivity index (χ1) is 12.8. The molecule has 0 radical (unpaired) electrons. The number of hydrogen-bond donors (Lipinski definition) is 1. The summed E-state index contributed by atoms with van der Waals surface area (Å²) >= 11 is 0. The van der Waals surface area contributed by atoms with E-state index >= 15 is 0 Å². The maximum absolute atomic E-state index is 7.31. The molecule has 0 bridgehead atoms. The minimum atomic E-state index is -2.52. The Morgan fingerprint density at radius 1 is 0.963 bits per heavy atom. The Kier molecular flexibility index (Phi) is 5.95. The lowest BCUT2D eigenvalue weighted by Crippen LogP contribution is -2.68. The van der Waals surface area contributed by atoms with E-state index in [2.05, 4.69) is 95.3 Å². The summed E-state index contributed by atoms with van der Waals surface area (Å²) in [5.74, 6) is 1.15. The zero-order valence-corrected chi connectivity index (χ0v) is 18.5. The minimum Gasteiger partial charge on any atom is -0.403 e. The van der Waals surface area contributed by atoms with Crippen molar-refractivity contribution in [3.63, 3.8) is 0 Å². The summed E-state index contributed by atoms with van der Waals surface area (Å²) in [4.78, 5) is 0. The van der Waals surface area contributed by atoms with Gasteiger partial charge in [0.15, 0.2) is 0 Å². The van der Waals surface area contributed by atoms with Crippen molar-refractivity contribution in [2.75, 3.05) is 0 Å². The van der Waals surface area contributed by atoms with Crippen LogP contribution in [0.3, 0.4) is 0 Å². The van der Waals surface area contributed by atoms with Crippen molar-refractivity contribution in [2.45, 2.75) is 64.6 Å². The fraction of sp³-hybridized carbons (Fsp3) is 0.500. The molecule has 2 N–H and O–H groups in total. The lowest BCUT2D eigenvalue weighted by molar-refractivity contribution is 0.128. The fourth-order valence-electron chi connectivity index (χ4n) is 4.99. The van der Waals surface area contributed by atoms with E-state index < -0.39 is 8.32 Å². The van der Waals surface area contributed by atoms with Gasteiger partial charge in [0.25, 0.3) is 8.32 Å². The molecule has 3 heteroatoms. The quantitative estimate of drug-likeness (QED) is 0.783. The van der Waals surface area contributed by atoms with Gasteiger partial charge in [-0.1, -0.05) is 102 Å². The van der Waals surface area contributed by atoms with Crippen LogP contribution in [0.5, 0.6) is 0 Å². The van der Waals surface area contributed by atoms with E-state index in [1.165, 1.54) is 16.8 Å². The molecule has 0 aliphatic heterocycles. The molecule has 2 aromatic carbocycles. The van der Waals surface area contributed by atoms with Gasteiger partial charge in [0.1, 0.15) is 0 Å². The van der Waals surface area contributed by atoms with Crippen molar-refractivity contribution in [1.82, 2.24) is 0 Å². The van der Waals surface area contributed by atoms with Gasteiger partial charge in [-0.3, -0.25) is 0 Å². The zero-order chi connectivity index (χ0) is 19.7. The zero-order valence-electron chi connectivity index (χ0n) is 17.5. The van der Waals surface area contributed by atoms with Crippen LogP contribution >= 0.6 is 0 Å². The van der Waals surface area contributed by atoms with Crippen LogP contribution < -0.4 is 16.1 Å². The standard InChI is InChI=1S/C24H35NOSi/c1-6-19-17-22(25)23(18(19)2)26-27(24(3,4)5,20-13-9-7-10-14-20)21-15-11-8-12-16-21/h7-16,18-19,22-23H,6,17,25H2,1-5H3/t18-,19+,22-,23-/m1/s1. The molecule has 1 aliphatic rings. The van der Waals surface area contributed by atoms with Crippen molar-refractivity contribution < 1.29 is 4.43 Å². The second kappa shape index (κ2) is 7.90. The highest BCUT2D eigenvalue weighted by Gasteiger charge is 2.54. The Hall–Kier alpha value is -1.42. The summed E-state index contributed by atoms with van der Waals surface area (Å²) < 4.78 is 7.31. The lowest BCUT2D eigenvalue weighted by Gasteiger charge is -2.46. The molecule has 0 aromatic heterocycles. The molecule has 1 saturated carbocycles. The molecule has 0 saturated heterocycles. The molecule has 4 atom stereocenters. The van der Waals surface area contributed by atoms with E-state index in [1.54, 1.807) is 0 Å². The predicted molar refractivity (Wildman–Crippen MR) is 118 cm³/mol. The van der Waals surface area contributed by atoms with E-state index in [0.717, 1.165) is 6.42 Å². The van der Waals surface area contributed by atoms with Gasteiger partial charge in [-0.25, -0.2) is 0 Å². The van der Waals surface area contributed by atoms with Crippen molar-refractivity contribution in [1.29, 1.82) is 0 Å². The van der Waals surface area contributed by atoms with Crippen LogP contribution in [-0.2, 0) is 4.43 Å². The molecule has 0 heterocycles. The van der Waals surface area contributed by atoms with Crippen LogP contribution in [0.4, 0.5) is 0 Å². The summed E-state index contributed by atoms with van der Waals surface area (Å²) in [5.41, 5.74) is 6.64. The van der Waals surface area contributed by atoms with E-state index in [1.807, 2.05) is 0 Å². The molecule has 1 aliphatic carbocycles. The van der Waals surface area contributed by atoms with Crippen LogP contribution in [0.2, 0.25) is 5.04 Å². The molecular formula is C24H35NOSi. The van der Waals surface area contributed by atoms with Crippen LogP contribution in [0.25, 0.3) is 0 Å². The second-order valence-electron chi connectivity index (χ2n) is 9.17. The van der Waals surface area contributed by atoms with Crippen molar-refractivity contribution in [2.24, 2.45) is 17.6 Å². The third-order valence-corrected chi connectivity index (χ3v) is 11.5. The SMILES string of the molecule is CC[C@H]1C[C@@H](N)[C@H](O[Si](c2ccccc2)(c2ccccc2)C(C)(C)C)[C@@H]1C. The van der Waals surface area contributed by atoms with Gasteiger partial charge < -0.3 is 10.2 Å². The van der Waals surface area contributed by atoms with Crippen LogP contribution in [-0.4, -0.2) is 20.5 Å². The van der Waals surface area contributed by atoms with E-state index in [0.29, 0.717) is 11.8 Å². The Morgan fingerprint density at radius 2 is 1.44 bits per heavy atom. The number of benzene rings is 2. The van der Waals surface area contributed by atoms with Crippen molar-refractivity contribution in [3.8, 4) is 0 Å². The Bertz CT molecular complexity index is 686. The van der Waals surface area contributed by atoms with Crippen molar-refractivity contribution >= 4 is 18.7 Å². The molecule has 1 fully saturated rings. The smallest absolute Gasteiger partial charge is 0.261 e. The first-order valence-corrected chi connectivity index (χ1v) is 12.3. The molecule has 3 rings (SSSR count). The largest absolute Gasteiger partial charge is 0.403 e. The summed E-state index contributed by atoms with van der Waals surface area (Å²) in [7, 11) is -2.52. The van der Waals surface area contributed by atoms with Gasteiger partial charge in [0, 0.05) is 6.04 Å². The lowest BCUT2D eigenvalue weighted by atomic mass is 9.95. The first-order valence-electron chi connectivity index (χ1n) is 10.4. The summed E-state index contributed by atoms with van der Waals surface area (Å²) in [6.07, 6.45) is 2.36. The molecule has 0 amide bonds. The Labute approximate surface area is 166 Å². The molecule has 0 spiro atoms. The van der Waals surface area contributed by atoms with Gasteiger partial charge in [0.2, 0.25) is 0 Å². The van der Waals surface area contributed by atoms with Gasteiger partial charge in [0.05, 0.1) is 6.10 Å². The number of rotatable bonds is 5. The Balaban J connectivity index is 2.16. The molecule has 27 heavy (non-hydrogen) atoms. The van der Waals surface area contributed by atoms with Gasteiger partial charge in [-0.05, 0) is 33.7 Å².